The Balaban J connectivity index is 1.99. The first-order valence-corrected chi connectivity index (χ1v) is 8.37. The lowest BCUT2D eigenvalue weighted by molar-refractivity contribution is 0.394. The van der Waals surface area contributed by atoms with Crippen LogP contribution in [0.5, 0.6) is 11.5 Å². The van der Waals surface area contributed by atoms with Gasteiger partial charge in [0.1, 0.15) is 17.3 Å². The van der Waals surface area contributed by atoms with Crippen LogP contribution < -0.4 is 14.8 Å². The van der Waals surface area contributed by atoms with Crippen LogP contribution in [0.2, 0.25) is 0 Å². The van der Waals surface area contributed by atoms with Gasteiger partial charge in [-0.3, -0.25) is 0 Å². The quantitative estimate of drug-likeness (QED) is 0.701. The van der Waals surface area contributed by atoms with Gasteiger partial charge in [-0.25, -0.2) is 4.39 Å². The molecule has 2 aromatic rings. The maximum atomic E-state index is 13.6. The molecule has 1 N–H and O–H groups in total. The van der Waals surface area contributed by atoms with E-state index in [1.54, 1.807) is 26.4 Å². The number of benzene rings is 2. The van der Waals surface area contributed by atoms with Gasteiger partial charge < -0.3 is 14.8 Å². The minimum atomic E-state index is -0.173. The summed E-state index contributed by atoms with van der Waals surface area (Å²) in [6, 6.07) is 10.9. The van der Waals surface area contributed by atoms with E-state index in [0.29, 0.717) is 12.1 Å². The highest BCUT2D eigenvalue weighted by Crippen LogP contribution is 2.30. The van der Waals surface area contributed by atoms with E-state index < -0.39 is 0 Å². The van der Waals surface area contributed by atoms with Gasteiger partial charge in [0.15, 0.2) is 0 Å². The van der Waals surface area contributed by atoms with Crippen molar-refractivity contribution >= 4 is 0 Å². The number of hydrogen-bond donors (Lipinski definition) is 1. The SMILES string of the molecule is CCCc1cc(OC)c(CCNCc2ccccc2F)cc1OC. The van der Waals surface area contributed by atoms with Crippen LogP contribution in [0.3, 0.4) is 0 Å². The molecule has 130 valence electrons. The van der Waals surface area contributed by atoms with Crippen LogP contribution in [0.25, 0.3) is 0 Å². The van der Waals surface area contributed by atoms with E-state index in [9.17, 15) is 4.39 Å². The van der Waals surface area contributed by atoms with Crippen molar-refractivity contribution in [2.24, 2.45) is 0 Å². The molecule has 0 bridgehead atoms. The van der Waals surface area contributed by atoms with Crippen LogP contribution in [0.4, 0.5) is 4.39 Å². The zero-order chi connectivity index (χ0) is 17.4. The molecule has 24 heavy (non-hydrogen) atoms. The van der Waals surface area contributed by atoms with Gasteiger partial charge in [-0.05, 0) is 48.7 Å². The van der Waals surface area contributed by atoms with Gasteiger partial charge in [0.05, 0.1) is 14.2 Å². The van der Waals surface area contributed by atoms with E-state index in [4.69, 9.17) is 9.47 Å². The van der Waals surface area contributed by atoms with Gasteiger partial charge in [-0.2, -0.15) is 0 Å². The Morgan fingerprint density at radius 3 is 2.12 bits per heavy atom. The van der Waals surface area contributed by atoms with Crippen molar-refractivity contribution in [3.8, 4) is 11.5 Å². The lowest BCUT2D eigenvalue weighted by atomic mass is 10.0. The van der Waals surface area contributed by atoms with Crippen molar-refractivity contribution in [1.82, 2.24) is 5.32 Å². The summed E-state index contributed by atoms with van der Waals surface area (Å²) in [5.41, 5.74) is 2.94. The molecule has 0 atom stereocenters. The first-order valence-electron chi connectivity index (χ1n) is 8.37. The van der Waals surface area contributed by atoms with Crippen molar-refractivity contribution in [1.29, 1.82) is 0 Å². The van der Waals surface area contributed by atoms with Crippen molar-refractivity contribution in [2.75, 3.05) is 20.8 Å². The van der Waals surface area contributed by atoms with E-state index in [-0.39, 0.29) is 5.82 Å². The van der Waals surface area contributed by atoms with Crippen LogP contribution in [0.1, 0.15) is 30.0 Å². The normalized spacial score (nSPS) is 10.7. The summed E-state index contributed by atoms with van der Waals surface area (Å²) >= 11 is 0. The summed E-state index contributed by atoms with van der Waals surface area (Å²) < 4.78 is 24.6. The maximum absolute atomic E-state index is 13.6. The van der Waals surface area contributed by atoms with Gasteiger partial charge in [-0.15, -0.1) is 0 Å². The summed E-state index contributed by atoms with van der Waals surface area (Å²) in [6.07, 6.45) is 2.81. The van der Waals surface area contributed by atoms with E-state index in [1.807, 2.05) is 6.07 Å². The zero-order valence-electron chi connectivity index (χ0n) is 14.7. The van der Waals surface area contributed by atoms with Crippen LogP contribution in [0, 0.1) is 5.82 Å². The minimum absolute atomic E-state index is 0.173. The fourth-order valence-corrected chi connectivity index (χ4v) is 2.77. The molecule has 0 unspecified atom stereocenters. The summed E-state index contributed by atoms with van der Waals surface area (Å²) in [7, 11) is 3.38. The number of ether oxygens (including phenoxy) is 2. The van der Waals surface area contributed by atoms with Gasteiger partial charge in [-0.1, -0.05) is 31.5 Å². The molecular formula is C20H26FNO2. The van der Waals surface area contributed by atoms with E-state index in [1.165, 1.54) is 11.6 Å². The number of methoxy groups -OCH3 is 2. The zero-order valence-corrected chi connectivity index (χ0v) is 14.7. The van der Waals surface area contributed by atoms with Crippen LogP contribution in [0.15, 0.2) is 36.4 Å². The number of hydrogen-bond acceptors (Lipinski definition) is 3. The predicted molar refractivity (Wildman–Crippen MR) is 95.4 cm³/mol. The molecule has 0 amide bonds. The standard InChI is InChI=1S/C20H26FNO2/c1-4-7-15-12-20(24-3)16(13-19(15)23-2)10-11-22-14-17-8-5-6-9-18(17)21/h5-6,8-9,12-13,22H,4,7,10-11,14H2,1-3H3. The second-order valence-electron chi connectivity index (χ2n) is 5.74. The molecule has 0 aliphatic carbocycles. The molecule has 0 fully saturated rings. The molecule has 0 aliphatic heterocycles. The lowest BCUT2D eigenvalue weighted by Crippen LogP contribution is -2.17. The Labute approximate surface area is 143 Å². The van der Waals surface area contributed by atoms with Crippen molar-refractivity contribution < 1.29 is 13.9 Å². The Hall–Kier alpha value is -2.07. The van der Waals surface area contributed by atoms with Crippen LogP contribution >= 0.6 is 0 Å². The van der Waals surface area contributed by atoms with Gasteiger partial charge in [0.25, 0.3) is 0 Å². The van der Waals surface area contributed by atoms with Crippen molar-refractivity contribution in [3.63, 3.8) is 0 Å². The fourth-order valence-electron chi connectivity index (χ4n) is 2.77. The predicted octanol–water partition coefficient (Wildman–Crippen LogP) is 4.13. The molecular weight excluding hydrogens is 305 g/mol. The molecule has 2 rings (SSSR count). The number of nitrogens with one attached hydrogen (secondary N) is 1. The number of rotatable bonds is 9. The van der Waals surface area contributed by atoms with Crippen molar-refractivity contribution in [2.45, 2.75) is 32.7 Å². The minimum Gasteiger partial charge on any atom is -0.496 e. The molecule has 0 saturated heterocycles. The molecule has 0 aromatic heterocycles. The lowest BCUT2D eigenvalue weighted by Gasteiger charge is -2.15. The topological polar surface area (TPSA) is 30.5 Å². The highest BCUT2D eigenvalue weighted by atomic mass is 19.1. The molecule has 0 radical (unpaired) electrons. The molecule has 0 saturated carbocycles. The maximum Gasteiger partial charge on any atom is 0.127 e. The molecule has 0 heterocycles. The Kier molecular flexibility index (Phi) is 7.07. The average Bonchev–Trinajstić information content (AvgIpc) is 2.60. The van der Waals surface area contributed by atoms with Crippen molar-refractivity contribution in [3.05, 3.63) is 58.9 Å². The second kappa shape index (κ2) is 9.28. The van der Waals surface area contributed by atoms with Crippen LogP contribution in [-0.2, 0) is 19.4 Å². The average molecular weight is 331 g/mol. The first-order chi connectivity index (χ1) is 11.7. The smallest absolute Gasteiger partial charge is 0.127 e. The number of aryl methyl sites for hydroxylation is 1. The molecule has 0 spiro atoms. The summed E-state index contributed by atoms with van der Waals surface area (Å²) in [5.74, 6) is 1.61. The third kappa shape index (κ3) is 4.71. The summed E-state index contributed by atoms with van der Waals surface area (Å²) in [5, 5.41) is 3.28. The van der Waals surface area contributed by atoms with Gasteiger partial charge in [0.2, 0.25) is 0 Å². The molecule has 4 heteroatoms. The molecule has 3 nitrogen and oxygen atoms in total. The van der Waals surface area contributed by atoms with E-state index in [0.717, 1.165) is 42.9 Å². The summed E-state index contributed by atoms with van der Waals surface area (Å²) in [6.45, 7) is 3.40. The fraction of sp³-hybridized carbons (Fsp3) is 0.400. The van der Waals surface area contributed by atoms with Crippen LogP contribution in [-0.4, -0.2) is 20.8 Å². The Bertz CT molecular complexity index is 658. The third-order valence-corrected chi connectivity index (χ3v) is 4.05. The largest absolute Gasteiger partial charge is 0.496 e. The highest BCUT2D eigenvalue weighted by Gasteiger charge is 2.11. The monoisotopic (exact) mass is 331 g/mol. The molecule has 0 aliphatic rings. The third-order valence-electron chi connectivity index (χ3n) is 4.05. The highest BCUT2D eigenvalue weighted by molar-refractivity contribution is 5.46. The molecule has 2 aromatic carbocycles. The van der Waals surface area contributed by atoms with E-state index in [2.05, 4.69) is 24.4 Å². The van der Waals surface area contributed by atoms with Gasteiger partial charge in [0, 0.05) is 12.1 Å². The van der Waals surface area contributed by atoms with E-state index >= 15 is 0 Å². The number of halogens is 1. The second-order valence-corrected chi connectivity index (χ2v) is 5.74. The Morgan fingerprint density at radius 2 is 1.54 bits per heavy atom. The summed E-state index contributed by atoms with van der Waals surface area (Å²) in [4.78, 5) is 0. The van der Waals surface area contributed by atoms with Gasteiger partial charge >= 0.3 is 0 Å². The Morgan fingerprint density at radius 1 is 0.917 bits per heavy atom. The first kappa shape index (κ1) is 18.3.